The van der Waals surface area contributed by atoms with E-state index in [0.717, 1.165) is 13.1 Å². The molecule has 1 saturated carbocycles. The second-order valence-corrected chi connectivity index (χ2v) is 5.36. The molecule has 0 amide bonds. The summed E-state index contributed by atoms with van der Waals surface area (Å²) in [6.07, 6.45) is 3.73. The van der Waals surface area contributed by atoms with Crippen LogP contribution in [0.2, 0.25) is 0 Å². The van der Waals surface area contributed by atoms with E-state index in [1.165, 1.54) is 19.3 Å². The van der Waals surface area contributed by atoms with E-state index >= 15 is 0 Å². The predicted molar refractivity (Wildman–Crippen MR) is 62.3 cm³/mol. The van der Waals surface area contributed by atoms with Gasteiger partial charge >= 0.3 is 0 Å². The topological polar surface area (TPSA) is 29.3 Å². The fourth-order valence-electron chi connectivity index (χ4n) is 2.66. The third-order valence-corrected chi connectivity index (χ3v) is 3.69. The Morgan fingerprint density at radius 3 is 2.36 bits per heavy atom. The lowest BCUT2D eigenvalue weighted by Gasteiger charge is -2.44. The minimum Gasteiger partial charge on any atom is -0.326 e. The maximum absolute atomic E-state index is 6.21. The van der Waals surface area contributed by atoms with Crippen molar-refractivity contribution < 1.29 is 0 Å². The summed E-state index contributed by atoms with van der Waals surface area (Å²) in [5.41, 5.74) is 6.70. The number of hydrogen-bond acceptors (Lipinski definition) is 2. The van der Waals surface area contributed by atoms with Crippen LogP contribution in [0.1, 0.15) is 47.0 Å². The number of likely N-dealkylation sites (N-methyl/N-ethyl adjacent to an activating group) is 1. The van der Waals surface area contributed by atoms with E-state index in [4.69, 9.17) is 5.73 Å². The molecule has 0 bridgehead atoms. The van der Waals surface area contributed by atoms with Gasteiger partial charge in [-0.25, -0.2) is 0 Å². The van der Waals surface area contributed by atoms with Crippen LogP contribution in [0.4, 0.5) is 0 Å². The molecule has 0 spiro atoms. The second kappa shape index (κ2) is 4.63. The summed E-state index contributed by atoms with van der Waals surface area (Å²) >= 11 is 0. The highest BCUT2D eigenvalue weighted by Crippen LogP contribution is 2.36. The van der Waals surface area contributed by atoms with E-state index in [1.807, 2.05) is 0 Å². The number of hydrogen-bond donors (Lipinski definition) is 1. The Balaban J connectivity index is 2.64. The molecule has 0 aliphatic heterocycles. The molecule has 1 aliphatic carbocycles. The van der Waals surface area contributed by atoms with Crippen LogP contribution in [0.25, 0.3) is 0 Å². The van der Waals surface area contributed by atoms with Gasteiger partial charge in [0.25, 0.3) is 0 Å². The van der Waals surface area contributed by atoms with Crippen molar-refractivity contribution in [3.63, 3.8) is 0 Å². The quantitative estimate of drug-likeness (QED) is 0.753. The Kier molecular flexibility index (Phi) is 3.96. The minimum absolute atomic E-state index is 0.392. The van der Waals surface area contributed by atoms with E-state index in [2.05, 4.69) is 32.6 Å². The van der Waals surface area contributed by atoms with Crippen LogP contribution in [-0.2, 0) is 0 Å². The Morgan fingerprint density at radius 1 is 1.29 bits per heavy atom. The first kappa shape index (κ1) is 12.0. The van der Waals surface area contributed by atoms with Gasteiger partial charge < -0.3 is 5.73 Å². The largest absolute Gasteiger partial charge is 0.326 e. The van der Waals surface area contributed by atoms with Gasteiger partial charge in [-0.1, -0.05) is 27.7 Å². The number of rotatable bonds is 3. The molecule has 84 valence electrons. The van der Waals surface area contributed by atoms with Crippen molar-refractivity contribution >= 4 is 0 Å². The summed E-state index contributed by atoms with van der Waals surface area (Å²) in [5, 5.41) is 0. The Labute approximate surface area is 88.8 Å². The molecule has 2 unspecified atom stereocenters. The predicted octanol–water partition coefficient (Wildman–Crippen LogP) is 2.23. The monoisotopic (exact) mass is 198 g/mol. The molecule has 2 N–H and O–H groups in total. The summed E-state index contributed by atoms with van der Waals surface area (Å²) in [6, 6.07) is 0.997. The number of nitrogens with two attached hydrogens (primary N) is 1. The molecule has 0 radical (unpaired) electrons. The van der Waals surface area contributed by atoms with Crippen LogP contribution in [0, 0.1) is 5.41 Å². The molecule has 14 heavy (non-hydrogen) atoms. The lowest BCUT2D eigenvalue weighted by Crippen LogP contribution is -2.52. The average Bonchev–Trinajstić information content (AvgIpc) is 2.13. The zero-order valence-corrected chi connectivity index (χ0v) is 10.2. The normalized spacial score (nSPS) is 32.1. The van der Waals surface area contributed by atoms with Gasteiger partial charge in [-0.2, -0.15) is 0 Å². The van der Waals surface area contributed by atoms with Gasteiger partial charge in [-0.15, -0.1) is 0 Å². The highest BCUT2D eigenvalue weighted by atomic mass is 15.2. The highest BCUT2D eigenvalue weighted by Gasteiger charge is 2.35. The first-order chi connectivity index (χ1) is 6.50. The third kappa shape index (κ3) is 2.71. The maximum Gasteiger partial charge on any atom is 0.0252 e. The van der Waals surface area contributed by atoms with Gasteiger partial charge in [-0.3, -0.25) is 4.90 Å². The minimum atomic E-state index is 0.392. The van der Waals surface area contributed by atoms with Crippen LogP contribution in [-0.4, -0.2) is 30.1 Å². The van der Waals surface area contributed by atoms with Crippen LogP contribution < -0.4 is 5.73 Å². The van der Waals surface area contributed by atoms with Gasteiger partial charge in [0, 0.05) is 12.1 Å². The van der Waals surface area contributed by atoms with Crippen molar-refractivity contribution in [1.29, 1.82) is 0 Å². The molecule has 0 aromatic carbocycles. The van der Waals surface area contributed by atoms with E-state index < -0.39 is 0 Å². The summed E-state index contributed by atoms with van der Waals surface area (Å²) in [5.74, 6) is 0. The molecule has 0 saturated heterocycles. The molecule has 1 rings (SSSR count). The molecule has 2 atom stereocenters. The number of nitrogens with zero attached hydrogens (tertiary/aromatic N) is 1. The van der Waals surface area contributed by atoms with Gasteiger partial charge in [0.15, 0.2) is 0 Å². The van der Waals surface area contributed by atoms with E-state index in [9.17, 15) is 0 Å². The fourth-order valence-corrected chi connectivity index (χ4v) is 2.66. The summed E-state index contributed by atoms with van der Waals surface area (Å²) < 4.78 is 0. The van der Waals surface area contributed by atoms with Gasteiger partial charge in [0.2, 0.25) is 0 Å². The van der Waals surface area contributed by atoms with Gasteiger partial charge in [0.1, 0.15) is 0 Å². The van der Waals surface area contributed by atoms with Crippen LogP contribution in [0.5, 0.6) is 0 Å². The molecular weight excluding hydrogens is 172 g/mol. The van der Waals surface area contributed by atoms with E-state index in [0.29, 0.717) is 17.5 Å². The van der Waals surface area contributed by atoms with Crippen molar-refractivity contribution in [1.82, 2.24) is 4.90 Å². The summed E-state index contributed by atoms with van der Waals surface area (Å²) in [7, 11) is 0. The highest BCUT2D eigenvalue weighted by molar-refractivity contribution is 4.92. The van der Waals surface area contributed by atoms with Gasteiger partial charge in [-0.05, 0) is 37.8 Å². The van der Waals surface area contributed by atoms with Crippen LogP contribution >= 0.6 is 0 Å². The van der Waals surface area contributed by atoms with Crippen molar-refractivity contribution in [3.05, 3.63) is 0 Å². The molecule has 0 aromatic rings. The van der Waals surface area contributed by atoms with Crippen molar-refractivity contribution in [2.45, 2.75) is 59.0 Å². The van der Waals surface area contributed by atoms with Crippen LogP contribution in [0.3, 0.4) is 0 Å². The summed E-state index contributed by atoms with van der Waals surface area (Å²) in [4.78, 5) is 2.52. The molecule has 0 heterocycles. The van der Waals surface area contributed by atoms with Crippen molar-refractivity contribution in [2.24, 2.45) is 11.1 Å². The molecular formula is C12H26N2. The standard InChI is InChI=1S/C12H26N2/c1-5-14(6-2)11-9-12(3,4)8-7-10(11)13/h10-11H,5-9,13H2,1-4H3. The fraction of sp³-hybridized carbons (Fsp3) is 1.00. The third-order valence-electron chi connectivity index (χ3n) is 3.69. The molecule has 1 fully saturated rings. The Bertz CT molecular complexity index is 173. The first-order valence-corrected chi connectivity index (χ1v) is 6.00. The molecule has 2 nitrogen and oxygen atoms in total. The van der Waals surface area contributed by atoms with Crippen molar-refractivity contribution in [3.8, 4) is 0 Å². The van der Waals surface area contributed by atoms with Crippen molar-refractivity contribution in [2.75, 3.05) is 13.1 Å². The zero-order chi connectivity index (χ0) is 10.8. The first-order valence-electron chi connectivity index (χ1n) is 6.00. The Hall–Kier alpha value is -0.0800. The zero-order valence-electron chi connectivity index (χ0n) is 10.2. The van der Waals surface area contributed by atoms with Gasteiger partial charge in [0.05, 0.1) is 0 Å². The van der Waals surface area contributed by atoms with E-state index in [-0.39, 0.29) is 0 Å². The average molecular weight is 198 g/mol. The van der Waals surface area contributed by atoms with E-state index in [1.54, 1.807) is 0 Å². The molecule has 2 heteroatoms. The smallest absolute Gasteiger partial charge is 0.0252 e. The second-order valence-electron chi connectivity index (χ2n) is 5.36. The molecule has 0 aromatic heterocycles. The summed E-state index contributed by atoms with van der Waals surface area (Å²) in [6.45, 7) is 11.5. The lowest BCUT2D eigenvalue weighted by atomic mass is 9.72. The van der Waals surface area contributed by atoms with Crippen LogP contribution in [0.15, 0.2) is 0 Å². The SMILES string of the molecule is CCN(CC)C1CC(C)(C)CCC1N. The maximum atomic E-state index is 6.21. The molecule has 1 aliphatic rings. The Morgan fingerprint density at radius 2 is 1.86 bits per heavy atom. The lowest BCUT2D eigenvalue weighted by molar-refractivity contribution is 0.0854.